The summed E-state index contributed by atoms with van der Waals surface area (Å²) in [4.78, 5) is 5.49. The number of aromatic nitrogens is 2. The number of hydrogen-bond donors (Lipinski definition) is 1. The topological polar surface area (TPSA) is 43.3 Å². The van der Waals surface area contributed by atoms with Crippen molar-refractivity contribution >= 4 is 46.3 Å². The number of rotatable bonds is 3. The summed E-state index contributed by atoms with van der Waals surface area (Å²) in [6, 6.07) is 9.20. The minimum atomic E-state index is 0.688. The summed E-state index contributed by atoms with van der Waals surface area (Å²) >= 11 is 13.7. The van der Waals surface area contributed by atoms with Gasteiger partial charge in [0.05, 0.1) is 15.7 Å². The number of imidazole rings is 1. The molecule has 0 atom stereocenters. The van der Waals surface area contributed by atoms with E-state index in [1.165, 1.54) is 0 Å². The molecular formula is C14H11Cl2N3S. The Morgan fingerprint density at radius 2 is 2.00 bits per heavy atom. The van der Waals surface area contributed by atoms with Crippen LogP contribution >= 0.6 is 35.0 Å². The van der Waals surface area contributed by atoms with Crippen molar-refractivity contribution in [1.29, 1.82) is 0 Å². The van der Waals surface area contributed by atoms with E-state index in [0.29, 0.717) is 15.7 Å². The molecule has 2 N–H and O–H groups in total. The first kappa shape index (κ1) is 13.6. The predicted octanol–water partition coefficient (Wildman–Crippen LogP) is 4.52. The zero-order chi connectivity index (χ0) is 14.1. The highest BCUT2D eigenvalue weighted by molar-refractivity contribution is 7.98. The Hall–Kier alpha value is -1.36. The molecule has 0 saturated carbocycles. The lowest BCUT2D eigenvalue weighted by Crippen LogP contribution is -1.86. The Bertz CT molecular complexity index is 770. The Morgan fingerprint density at radius 3 is 2.85 bits per heavy atom. The van der Waals surface area contributed by atoms with Crippen molar-refractivity contribution in [3.05, 3.63) is 58.5 Å². The average molecular weight is 324 g/mol. The molecule has 0 radical (unpaired) electrons. The van der Waals surface area contributed by atoms with E-state index in [-0.39, 0.29) is 0 Å². The summed E-state index contributed by atoms with van der Waals surface area (Å²) in [5.74, 6) is 0.725. The van der Waals surface area contributed by atoms with Gasteiger partial charge in [0.15, 0.2) is 0 Å². The lowest BCUT2D eigenvalue weighted by Gasteiger charge is -2.03. The maximum Gasteiger partial charge on any atom is 0.137 e. The van der Waals surface area contributed by atoms with Gasteiger partial charge in [-0.25, -0.2) is 4.98 Å². The molecule has 0 spiro atoms. The van der Waals surface area contributed by atoms with Gasteiger partial charge in [0.1, 0.15) is 5.65 Å². The number of benzene rings is 1. The number of fused-ring (bicyclic) bond motifs is 1. The van der Waals surface area contributed by atoms with Crippen LogP contribution in [0, 0.1) is 0 Å². The normalized spacial score (nSPS) is 11.1. The molecule has 0 bridgehead atoms. The van der Waals surface area contributed by atoms with Crippen LogP contribution in [0.5, 0.6) is 0 Å². The van der Waals surface area contributed by atoms with Crippen molar-refractivity contribution in [3.63, 3.8) is 0 Å². The highest BCUT2D eigenvalue weighted by atomic mass is 35.5. The van der Waals surface area contributed by atoms with Crippen LogP contribution in [0.15, 0.2) is 47.6 Å². The molecule has 6 heteroatoms. The van der Waals surface area contributed by atoms with Gasteiger partial charge >= 0.3 is 0 Å². The number of halogens is 2. The number of anilines is 1. The Morgan fingerprint density at radius 1 is 1.15 bits per heavy atom. The van der Waals surface area contributed by atoms with E-state index >= 15 is 0 Å². The summed E-state index contributed by atoms with van der Waals surface area (Å²) in [6.45, 7) is 0. The zero-order valence-corrected chi connectivity index (χ0v) is 12.7. The average Bonchev–Trinajstić information content (AvgIpc) is 2.81. The number of nitrogens with two attached hydrogens (primary N) is 1. The van der Waals surface area contributed by atoms with Crippen molar-refractivity contribution in [3.8, 4) is 0 Å². The fourth-order valence-corrected chi connectivity index (χ4v) is 3.19. The number of pyridine rings is 1. The van der Waals surface area contributed by atoms with Crippen LogP contribution in [-0.2, 0) is 5.75 Å². The highest BCUT2D eigenvalue weighted by Gasteiger charge is 2.06. The number of thioether (sulfide) groups is 1. The summed E-state index contributed by atoms with van der Waals surface area (Å²) in [7, 11) is 0. The van der Waals surface area contributed by atoms with Gasteiger partial charge in [0.25, 0.3) is 0 Å². The summed E-state index contributed by atoms with van der Waals surface area (Å²) in [6.07, 6.45) is 3.81. The lowest BCUT2D eigenvalue weighted by molar-refractivity contribution is 1.18. The molecule has 1 aromatic carbocycles. The van der Waals surface area contributed by atoms with Gasteiger partial charge in [0, 0.05) is 28.7 Å². The largest absolute Gasteiger partial charge is 0.399 e. The molecule has 0 unspecified atom stereocenters. The quantitative estimate of drug-likeness (QED) is 0.569. The van der Waals surface area contributed by atoms with E-state index in [1.807, 2.05) is 41.1 Å². The van der Waals surface area contributed by atoms with Crippen LogP contribution in [0.3, 0.4) is 0 Å². The highest BCUT2D eigenvalue weighted by Crippen LogP contribution is 2.31. The predicted molar refractivity (Wildman–Crippen MR) is 85.6 cm³/mol. The molecule has 0 saturated heterocycles. The SMILES string of the molecule is Nc1ccc(Cl)c(SCc2cn3cc(Cl)ccc3n2)c1. The Balaban J connectivity index is 1.81. The molecule has 102 valence electrons. The first-order valence-corrected chi connectivity index (χ1v) is 7.67. The van der Waals surface area contributed by atoms with Crippen LogP contribution in [0.25, 0.3) is 5.65 Å². The Labute approximate surface area is 130 Å². The van der Waals surface area contributed by atoms with E-state index in [4.69, 9.17) is 28.9 Å². The van der Waals surface area contributed by atoms with Crippen LogP contribution in [0.1, 0.15) is 5.69 Å². The van der Waals surface area contributed by atoms with E-state index in [1.54, 1.807) is 17.8 Å². The van der Waals surface area contributed by atoms with Crippen LogP contribution < -0.4 is 5.73 Å². The third-order valence-corrected chi connectivity index (χ3v) is 4.55. The standard InChI is InChI=1S/C14H11Cl2N3S/c15-9-1-4-14-18-11(7-19(14)6-9)8-20-13-5-10(17)2-3-12(13)16/h1-7H,8,17H2. The lowest BCUT2D eigenvalue weighted by atomic mass is 10.3. The summed E-state index contributed by atoms with van der Waals surface area (Å²) < 4.78 is 1.92. The number of nitrogens with zero attached hydrogens (tertiary/aromatic N) is 2. The second-order valence-electron chi connectivity index (χ2n) is 4.32. The van der Waals surface area contributed by atoms with Gasteiger partial charge in [-0.2, -0.15) is 0 Å². The molecular weight excluding hydrogens is 313 g/mol. The fraction of sp³-hybridized carbons (Fsp3) is 0.0714. The molecule has 0 fully saturated rings. The van der Waals surface area contributed by atoms with Crippen molar-refractivity contribution in [2.45, 2.75) is 10.6 Å². The maximum atomic E-state index is 6.14. The van der Waals surface area contributed by atoms with Gasteiger partial charge in [-0.15, -0.1) is 11.8 Å². The van der Waals surface area contributed by atoms with E-state index in [2.05, 4.69) is 4.98 Å². The maximum absolute atomic E-state index is 6.14. The van der Waals surface area contributed by atoms with Gasteiger partial charge < -0.3 is 10.1 Å². The van der Waals surface area contributed by atoms with Gasteiger partial charge in [-0.05, 0) is 30.3 Å². The molecule has 0 aliphatic carbocycles. The number of hydrogen-bond acceptors (Lipinski definition) is 3. The third-order valence-electron chi connectivity index (χ3n) is 2.80. The second kappa shape index (κ2) is 5.56. The van der Waals surface area contributed by atoms with Crippen molar-refractivity contribution in [2.75, 3.05) is 5.73 Å². The summed E-state index contributed by atoms with van der Waals surface area (Å²) in [5.41, 5.74) is 8.32. The van der Waals surface area contributed by atoms with Crippen molar-refractivity contribution < 1.29 is 0 Å². The van der Waals surface area contributed by atoms with E-state index in [0.717, 1.165) is 22.0 Å². The molecule has 0 aliphatic rings. The number of nitrogen functional groups attached to an aromatic ring is 1. The van der Waals surface area contributed by atoms with Gasteiger partial charge in [0.2, 0.25) is 0 Å². The third kappa shape index (κ3) is 2.87. The fourth-order valence-electron chi connectivity index (χ4n) is 1.87. The first-order valence-electron chi connectivity index (χ1n) is 5.93. The molecule has 0 amide bonds. The second-order valence-corrected chi connectivity index (χ2v) is 6.18. The molecule has 3 nitrogen and oxygen atoms in total. The molecule has 20 heavy (non-hydrogen) atoms. The van der Waals surface area contributed by atoms with E-state index < -0.39 is 0 Å². The minimum absolute atomic E-state index is 0.688. The monoisotopic (exact) mass is 323 g/mol. The zero-order valence-electron chi connectivity index (χ0n) is 10.4. The van der Waals surface area contributed by atoms with Crippen LogP contribution in [0.2, 0.25) is 10.0 Å². The Kier molecular flexibility index (Phi) is 3.78. The van der Waals surface area contributed by atoms with Gasteiger partial charge in [-0.1, -0.05) is 23.2 Å². The minimum Gasteiger partial charge on any atom is -0.399 e. The molecule has 2 heterocycles. The molecule has 2 aromatic heterocycles. The molecule has 3 rings (SSSR count). The van der Waals surface area contributed by atoms with Crippen molar-refractivity contribution in [2.24, 2.45) is 0 Å². The smallest absolute Gasteiger partial charge is 0.137 e. The van der Waals surface area contributed by atoms with Crippen molar-refractivity contribution in [1.82, 2.24) is 9.38 Å². The first-order chi connectivity index (χ1) is 9.61. The van der Waals surface area contributed by atoms with Crippen LogP contribution in [0.4, 0.5) is 5.69 Å². The molecule has 3 aromatic rings. The van der Waals surface area contributed by atoms with Crippen LogP contribution in [-0.4, -0.2) is 9.38 Å². The summed E-state index contributed by atoms with van der Waals surface area (Å²) in [5, 5.41) is 1.39. The van der Waals surface area contributed by atoms with Gasteiger partial charge in [-0.3, -0.25) is 0 Å². The van der Waals surface area contributed by atoms with E-state index in [9.17, 15) is 0 Å². The molecule has 0 aliphatic heterocycles.